The summed E-state index contributed by atoms with van der Waals surface area (Å²) in [6.07, 6.45) is 3.20. The fourth-order valence-corrected chi connectivity index (χ4v) is 2.61. The summed E-state index contributed by atoms with van der Waals surface area (Å²) >= 11 is 0. The molecule has 2 heterocycles. The Kier molecular flexibility index (Phi) is 3.59. The zero-order valence-corrected chi connectivity index (χ0v) is 9.45. The van der Waals surface area contributed by atoms with Crippen LogP contribution in [0.25, 0.3) is 0 Å². The standard InChI is InChI=1S/C11H20N2O2/c1-15-11(14)4-6-12-7-8-13-5-2-3-10(13)9-12/h10H,2-9H2,1H3. The van der Waals surface area contributed by atoms with Gasteiger partial charge in [-0.2, -0.15) is 0 Å². The van der Waals surface area contributed by atoms with E-state index in [4.69, 9.17) is 0 Å². The molecule has 2 saturated heterocycles. The first-order chi connectivity index (χ1) is 7.29. The fourth-order valence-electron chi connectivity index (χ4n) is 2.61. The van der Waals surface area contributed by atoms with E-state index in [1.807, 2.05) is 0 Å². The largest absolute Gasteiger partial charge is 0.469 e. The molecular weight excluding hydrogens is 192 g/mol. The van der Waals surface area contributed by atoms with Gasteiger partial charge < -0.3 is 4.74 Å². The van der Waals surface area contributed by atoms with Gasteiger partial charge in [0.25, 0.3) is 0 Å². The van der Waals surface area contributed by atoms with Gasteiger partial charge in [0.1, 0.15) is 0 Å². The highest BCUT2D eigenvalue weighted by molar-refractivity contribution is 5.69. The van der Waals surface area contributed by atoms with Crippen molar-refractivity contribution >= 4 is 5.97 Å². The first-order valence-electron chi connectivity index (χ1n) is 5.83. The van der Waals surface area contributed by atoms with Crippen molar-refractivity contribution < 1.29 is 9.53 Å². The number of methoxy groups -OCH3 is 1. The summed E-state index contributed by atoms with van der Waals surface area (Å²) < 4.78 is 4.65. The predicted molar refractivity (Wildman–Crippen MR) is 57.7 cm³/mol. The molecule has 4 nitrogen and oxygen atoms in total. The van der Waals surface area contributed by atoms with Gasteiger partial charge in [-0.25, -0.2) is 0 Å². The Morgan fingerprint density at radius 3 is 3.07 bits per heavy atom. The van der Waals surface area contributed by atoms with Crippen molar-refractivity contribution in [1.82, 2.24) is 9.80 Å². The molecule has 1 unspecified atom stereocenters. The van der Waals surface area contributed by atoms with Crippen LogP contribution in [0, 0.1) is 0 Å². The molecule has 1 atom stereocenters. The summed E-state index contributed by atoms with van der Waals surface area (Å²) in [5.41, 5.74) is 0. The van der Waals surface area contributed by atoms with E-state index in [2.05, 4.69) is 14.5 Å². The number of ether oxygens (including phenoxy) is 1. The van der Waals surface area contributed by atoms with E-state index in [1.54, 1.807) is 0 Å². The van der Waals surface area contributed by atoms with Crippen molar-refractivity contribution in [3.05, 3.63) is 0 Å². The molecule has 4 heteroatoms. The topological polar surface area (TPSA) is 32.8 Å². The van der Waals surface area contributed by atoms with Gasteiger partial charge in [0.2, 0.25) is 0 Å². The third-order valence-corrected chi connectivity index (χ3v) is 3.53. The molecule has 15 heavy (non-hydrogen) atoms. The molecule has 0 aliphatic carbocycles. The molecule has 0 spiro atoms. The van der Waals surface area contributed by atoms with E-state index >= 15 is 0 Å². The summed E-state index contributed by atoms with van der Waals surface area (Å²) in [4.78, 5) is 16.0. The molecule has 2 aliphatic heterocycles. The van der Waals surface area contributed by atoms with Crippen LogP contribution >= 0.6 is 0 Å². The molecule has 2 aliphatic rings. The van der Waals surface area contributed by atoms with Crippen LogP contribution in [-0.4, -0.2) is 61.6 Å². The number of piperazine rings is 1. The average molecular weight is 212 g/mol. The molecular formula is C11H20N2O2. The highest BCUT2D eigenvalue weighted by atomic mass is 16.5. The van der Waals surface area contributed by atoms with Gasteiger partial charge in [0.05, 0.1) is 13.5 Å². The van der Waals surface area contributed by atoms with Crippen LogP contribution in [0.5, 0.6) is 0 Å². The molecule has 86 valence electrons. The van der Waals surface area contributed by atoms with Crippen molar-refractivity contribution in [1.29, 1.82) is 0 Å². The van der Waals surface area contributed by atoms with Gasteiger partial charge in [-0.3, -0.25) is 14.6 Å². The molecule has 0 aromatic rings. The lowest BCUT2D eigenvalue weighted by Crippen LogP contribution is -2.50. The Bertz CT molecular complexity index is 233. The van der Waals surface area contributed by atoms with E-state index in [-0.39, 0.29) is 5.97 Å². The highest BCUT2D eigenvalue weighted by Crippen LogP contribution is 2.21. The van der Waals surface area contributed by atoms with Crippen molar-refractivity contribution in [3.8, 4) is 0 Å². The van der Waals surface area contributed by atoms with E-state index in [9.17, 15) is 4.79 Å². The second-order valence-electron chi connectivity index (χ2n) is 4.46. The first kappa shape index (κ1) is 10.9. The van der Waals surface area contributed by atoms with Gasteiger partial charge in [-0.1, -0.05) is 0 Å². The zero-order valence-electron chi connectivity index (χ0n) is 9.45. The Balaban J connectivity index is 1.73. The van der Waals surface area contributed by atoms with Crippen molar-refractivity contribution in [3.63, 3.8) is 0 Å². The van der Waals surface area contributed by atoms with Crippen LogP contribution < -0.4 is 0 Å². The lowest BCUT2D eigenvalue weighted by molar-refractivity contribution is -0.141. The average Bonchev–Trinajstić information content (AvgIpc) is 2.72. The maximum absolute atomic E-state index is 11.0. The SMILES string of the molecule is COC(=O)CCN1CCN2CCCC2C1. The van der Waals surface area contributed by atoms with Gasteiger partial charge in [0, 0.05) is 32.2 Å². The molecule has 0 radical (unpaired) electrons. The van der Waals surface area contributed by atoms with Crippen LogP contribution in [0.3, 0.4) is 0 Å². The zero-order chi connectivity index (χ0) is 10.7. The van der Waals surface area contributed by atoms with Crippen LogP contribution in [0.1, 0.15) is 19.3 Å². The summed E-state index contributed by atoms with van der Waals surface area (Å²) in [5, 5.41) is 0. The molecule has 0 saturated carbocycles. The van der Waals surface area contributed by atoms with Gasteiger partial charge in [-0.15, -0.1) is 0 Å². The number of nitrogens with zero attached hydrogens (tertiary/aromatic N) is 2. The maximum atomic E-state index is 11.0. The molecule has 0 aromatic heterocycles. The fraction of sp³-hybridized carbons (Fsp3) is 0.909. The molecule has 2 fully saturated rings. The second kappa shape index (κ2) is 4.94. The van der Waals surface area contributed by atoms with Crippen LogP contribution in [-0.2, 0) is 9.53 Å². The molecule has 0 aromatic carbocycles. The van der Waals surface area contributed by atoms with E-state index < -0.39 is 0 Å². The Morgan fingerprint density at radius 2 is 2.27 bits per heavy atom. The van der Waals surface area contributed by atoms with Crippen LogP contribution in [0.4, 0.5) is 0 Å². The third kappa shape index (κ3) is 2.69. The molecule has 0 bridgehead atoms. The third-order valence-electron chi connectivity index (χ3n) is 3.53. The summed E-state index contributed by atoms with van der Waals surface area (Å²) in [7, 11) is 1.46. The number of hydrogen-bond donors (Lipinski definition) is 0. The quantitative estimate of drug-likeness (QED) is 0.631. The van der Waals surface area contributed by atoms with Crippen molar-refractivity contribution in [2.75, 3.05) is 39.8 Å². The normalized spacial score (nSPS) is 27.7. The number of rotatable bonds is 3. The Hall–Kier alpha value is -0.610. The minimum absolute atomic E-state index is 0.0937. The summed E-state index contributed by atoms with van der Waals surface area (Å²) in [6, 6.07) is 0.747. The number of carbonyl (C=O) groups is 1. The van der Waals surface area contributed by atoms with Crippen molar-refractivity contribution in [2.45, 2.75) is 25.3 Å². The number of esters is 1. The predicted octanol–water partition coefficient (Wildman–Crippen LogP) is 0.329. The monoisotopic (exact) mass is 212 g/mol. The minimum Gasteiger partial charge on any atom is -0.469 e. The summed E-state index contributed by atoms with van der Waals surface area (Å²) in [6.45, 7) is 5.54. The Morgan fingerprint density at radius 1 is 1.40 bits per heavy atom. The first-order valence-corrected chi connectivity index (χ1v) is 5.83. The maximum Gasteiger partial charge on any atom is 0.306 e. The van der Waals surface area contributed by atoms with Gasteiger partial charge in [0.15, 0.2) is 0 Å². The number of carbonyl (C=O) groups excluding carboxylic acids is 1. The number of hydrogen-bond acceptors (Lipinski definition) is 4. The Labute approximate surface area is 91.2 Å². The lowest BCUT2D eigenvalue weighted by atomic mass is 10.1. The molecule has 0 N–H and O–H groups in total. The highest BCUT2D eigenvalue weighted by Gasteiger charge is 2.30. The second-order valence-corrected chi connectivity index (χ2v) is 4.46. The van der Waals surface area contributed by atoms with Crippen molar-refractivity contribution in [2.24, 2.45) is 0 Å². The van der Waals surface area contributed by atoms with Gasteiger partial charge in [-0.05, 0) is 19.4 Å². The molecule has 2 rings (SSSR count). The van der Waals surface area contributed by atoms with Crippen LogP contribution in [0.15, 0.2) is 0 Å². The lowest BCUT2D eigenvalue weighted by Gasteiger charge is -2.37. The molecule has 0 amide bonds. The van der Waals surface area contributed by atoms with Crippen LogP contribution in [0.2, 0.25) is 0 Å². The van der Waals surface area contributed by atoms with E-state index in [0.29, 0.717) is 6.42 Å². The van der Waals surface area contributed by atoms with E-state index in [1.165, 1.54) is 33.0 Å². The van der Waals surface area contributed by atoms with E-state index in [0.717, 1.165) is 25.7 Å². The minimum atomic E-state index is -0.0937. The smallest absolute Gasteiger partial charge is 0.306 e. The summed E-state index contributed by atoms with van der Waals surface area (Å²) in [5.74, 6) is -0.0937. The van der Waals surface area contributed by atoms with Gasteiger partial charge >= 0.3 is 5.97 Å². The number of fused-ring (bicyclic) bond motifs is 1.